The van der Waals surface area contributed by atoms with Crippen LogP contribution in [0.3, 0.4) is 0 Å². The van der Waals surface area contributed by atoms with Gasteiger partial charge in [-0.05, 0) is 53.4 Å². The van der Waals surface area contributed by atoms with E-state index >= 15 is 0 Å². The summed E-state index contributed by atoms with van der Waals surface area (Å²) >= 11 is 7.34. The van der Waals surface area contributed by atoms with Crippen molar-refractivity contribution in [2.24, 2.45) is 0 Å². The second kappa shape index (κ2) is 10.5. The van der Waals surface area contributed by atoms with Crippen LogP contribution in [0, 0.1) is 0 Å². The number of nitrogens with zero attached hydrogens (tertiary/aromatic N) is 1. The molecule has 3 rings (SSSR count). The minimum atomic E-state index is -4.34. The molecule has 7 heteroatoms. The number of pyridine rings is 1. The van der Waals surface area contributed by atoms with Gasteiger partial charge in [-0.15, -0.1) is 0 Å². The fraction of sp³-hybridized carbons (Fsp3) is 0.190. The van der Waals surface area contributed by atoms with Crippen molar-refractivity contribution in [2.45, 2.75) is 31.5 Å². The Morgan fingerprint density at radius 1 is 1.04 bits per heavy atom. The van der Waals surface area contributed by atoms with Crippen molar-refractivity contribution < 1.29 is 13.2 Å². The van der Waals surface area contributed by atoms with Crippen LogP contribution < -0.4 is 4.72 Å². The molecule has 1 heterocycles. The van der Waals surface area contributed by atoms with Crippen molar-refractivity contribution in [1.29, 1.82) is 0 Å². The fourth-order valence-electron chi connectivity index (χ4n) is 2.40. The third-order valence-electron chi connectivity index (χ3n) is 3.64. The summed E-state index contributed by atoms with van der Waals surface area (Å²) in [6, 6.07) is 14.9. The molecular formula is C21H20ClF3N2S. The van der Waals surface area contributed by atoms with E-state index in [1.807, 2.05) is 44.2 Å². The normalized spacial score (nSPS) is 10.9. The standard InChI is InChI=1S/C19H14ClF3N2S.C2H6/c20-18-12-24-8-7-17(18)14-4-1-3-13(9-14)11-25-26-16-6-2-5-15(10-16)19(21,22)23;1-2/h1-10,12,25H,11H2;1-2H3. The topological polar surface area (TPSA) is 24.9 Å². The lowest BCUT2D eigenvalue weighted by molar-refractivity contribution is -0.137. The molecule has 0 unspecified atom stereocenters. The lowest BCUT2D eigenvalue weighted by Crippen LogP contribution is -2.06. The Morgan fingerprint density at radius 3 is 2.50 bits per heavy atom. The highest BCUT2D eigenvalue weighted by Gasteiger charge is 2.30. The largest absolute Gasteiger partial charge is 0.416 e. The Balaban J connectivity index is 0.00000136. The molecule has 0 aliphatic heterocycles. The second-order valence-electron chi connectivity index (χ2n) is 5.50. The first-order valence-corrected chi connectivity index (χ1v) is 9.89. The number of hydrogen-bond donors (Lipinski definition) is 1. The van der Waals surface area contributed by atoms with Gasteiger partial charge in [0.1, 0.15) is 0 Å². The van der Waals surface area contributed by atoms with E-state index in [1.54, 1.807) is 18.5 Å². The predicted molar refractivity (Wildman–Crippen MR) is 110 cm³/mol. The van der Waals surface area contributed by atoms with E-state index in [2.05, 4.69) is 9.71 Å². The smallest absolute Gasteiger partial charge is 0.263 e. The molecule has 0 spiro atoms. The number of hydrogen-bond acceptors (Lipinski definition) is 3. The zero-order valence-corrected chi connectivity index (χ0v) is 17.0. The van der Waals surface area contributed by atoms with Crippen LogP contribution >= 0.6 is 23.5 Å². The molecule has 0 amide bonds. The monoisotopic (exact) mass is 424 g/mol. The van der Waals surface area contributed by atoms with Crippen LogP contribution in [0.25, 0.3) is 11.1 Å². The number of nitrogens with one attached hydrogen (secondary N) is 1. The van der Waals surface area contributed by atoms with Crippen molar-refractivity contribution in [3.63, 3.8) is 0 Å². The summed E-state index contributed by atoms with van der Waals surface area (Å²) in [7, 11) is 0. The van der Waals surface area contributed by atoms with Gasteiger partial charge >= 0.3 is 6.18 Å². The van der Waals surface area contributed by atoms with E-state index in [0.29, 0.717) is 16.5 Å². The predicted octanol–water partition coefficient (Wildman–Crippen LogP) is 7.24. The zero-order chi connectivity index (χ0) is 20.6. The lowest BCUT2D eigenvalue weighted by Gasteiger charge is -2.10. The Kier molecular flexibility index (Phi) is 8.35. The maximum absolute atomic E-state index is 12.7. The summed E-state index contributed by atoms with van der Waals surface area (Å²) in [6.45, 7) is 4.50. The second-order valence-corrected chi connectivity index (χ2v) is 6.88. The average molecular weight is 425 g/mol. The molecular weight excluding hydrogens is 405 g/mol. The first-order valence-electron chi connectivity index (χ1n) is 8.69. The molecule has 1 N–H and O–H groups in total. The van der Waals surface area contributed by atoms with Crippen LogP contribution in [-0.2, 0) is 12.7 Å². The van der Waals surface area contributed by atoms with Crippen molar-refractivity contribution in [3.05, 3.63) is 83.1 Å². The van der Waals surface area contributed by atoms with Crippen LogP contribution in [0.4, 0.5) is 13.2 Å². The summed E-state index contributed by atoms with van der Waals surface area (Å²) in [4.78, 5) is 4.48. The van der Waals surface area contributed by atoms with Crippen molar-refractivity contribution in [1.82, 2.24) is 9.71 Å². The minimum absolute atomic E-state index is 0.497. The Hall–Kier alpha value is -2.02. The van der Waals surface area contributed by atoms with Crippen LogP contribution in [0.5, 0.6) is 0 Å². The van der Waals surface area contributed by atoms with E-state index in [1.165, 1.54) is 6.07 Å². The quantitative estimate of drug-likeness (QED) is 0.437. The third kappa shape index (κ3) is 6.26. The Labute approximate surface area is 172 Å². The highest BCUT2D eigenvalue weighted by atomic mass is 35.5. The fourth-order valence-corrected chi connectivity index (χ4v) is 3.36. The van der Waals surface area contributed by atoms with Crippen LogP contribution in [-0.4, -0.2) is 4.98 Å². The lowest BCUT2D eigenvalue weighted by atomic mass is 10.0. The first-order chi connectivity index (χ1) is 13.4. The summed E-state index contributed by atoms with van der Waals surface area (Å²) in [5, 5.41) is 0.566. The van der Waals surface area contributed by atoms with Crippen LogP contribution in [0.15, 0.2) is 71.9 Å². The van der Waals surface area contributed by atoms with Gasteiger partial charge in [-0.25, -0.2) is 0 Å². The molecule has 0 saturated heterocycles. The molecule has 0 atom stereocenters. The van der Waals surface area contributed by atoms with Gasteiger partial charge in [-0.2, -0.15) is 13.2 Å². The molecule has 0 bridgehead atoms. The third-order valence-corrected chi connectivity index (χ3v) is 4.72. The molecule has 1 aromatic heterocycles. The Morgan fingerprint density at radius 2 is 1.79 bits per heavy atom. The van der Waals surface area contributed by atoms with E-state index in [9.17, 15) is 13.2 Å². The Bertz CT molecular complexity index is 901. The maximum atomic E-state index is 12.7. The highest BCUT2D eigenvalue weighted by Crippen LogP contribution is 2.31. The van der Waals surface area contributed by atoms with Gasteiger partial charge < -0.3 is 0 Å². The first kappa shape index (κ1) is 22.3. The van der Waals surface area contributed by atoms with Crippen molar-refractivity contribution >= 4 is 23.5 Å². The van der Waals surface area contributed by atoms with Gasteiger partial charge in [0.25, 0.3) is 0 Å². The van der Waals surface area contributed by atoms with E-state index in [4.69, 9.17) is 11.6 Å². The van der Waals surface area contributed by atoms with E-state index in [-0.39, 0.29) is 0 Å². The SMILES string of the molecule is CC.FC(F)(F)c1cccc(SNCc2cccc(-c3ccncc3Cl)c2)c1. The maximum Gasteiger partial charge on any atom is 0.416 e. The molecule has 3 aromatic rings. The van der Waals surface area contributed by atoms with Gasteiger partial charge in [0, 0.05) is 29.4 Å². The number of aromatic nitrogens is 1. The molecule has 0 fully saturated rings. The number of alkyl halides is 3. The highest BCUT2D eigenvalue weighted by molar-refractivity contribution is 7.97. The summed E-state index contributed by atoms with van der Waals surface area (Å²) < 4.78 is 41.3. The van der Waals surface area contributed by atoms with Gasteiger partial charge in [0.05, 0.1) is 10.6 Å². The molecule has 0 saturated carbocycles. The molecule has 2 nitrogen and oxygen atoms in total. The van der Waals surface area contributed by atoms with Crippen molar-refractivity contribution in [2.75, 3.05) is 0 Å². The molecule has 0 aliphatic carbocycles. The average Bonchev–Trinajstić information content (AvgIpc) is 2.70. The molecule has 0 aliphatic rings. The summed E-state index contributed by atoms with van der Waals surface area (Å²) in [6.07, 6.45) is -1.07. The number of halogens is 4. The van der Waals surface area contributed by atoms with Crippen LogP contribution in [0.2, 0.25) is 5.02 Å². The minimum Gasteiger partial charge on any atom is -0.263 e. The molecule has 2 aromatic carbocycles. The van der Waals surface area contributed by atoms with Gasteiger partial charge in [0.2, 0.25) is 0 Å². The molecule has 148 valence electrons. The van der Waals surface area contributed by atoms with Crippen molar-refractivity contribution in [3.8, 4) is 11.1 Å². The van der Waals surface area contributed by atoms with Gasteiger partial charge in [0.15, 0.2) is 0 Å². The number of rotatable bonds is 5. The number of benzene rings is 2. The van der Waals surface area contributed by atoms with E-state index < -0.39 is 11.7 Å². The van der Waals surface area contributed by atoms with Crippen LogP contribution in [0.1, 0.15) is 25.0 Å². The zero-order valence-electron chi connectivity index (χ0n) is 15.4. The van der Waals surface area contributed by atoms with E-state index in [0.717, 1.165) is 40.8 Å². The summed E-state index contributed by atoms with van der Waals surface area (Å²) in [5.41, 5.74) is 2.18. The van der Waals surface area contributed by atoms with Gasteiger partial charge in [-0.1, -0.05) is 49.7 Å². The van der Waals surface area contributed by atoms with Gasteiger partial charge in [-0.3, -0.25) is 9.71 Å². The summed E-state index contributed by atoms with van der Waals surface area (Å²) in [5.74, 6) is 0. The molecule has 0 radical (unpaired) electrons. The molecule has 28 heavy (non-hydrogen) atoms.